The molecule has 0 fully saturated rings. The van der Waals surface area contributed by atoms with Crippen LogP contribution in [-0.2, 0) is 4.79 Å². The number of hydrogen-bond acceptors (Lipinski definition) is 3. The van der Waals surface area contributed by atoms with Crippen molar-refractivity contribution in [2.75, 3.05) is 0 Å². The molecule has 0 aliphatic rings. The minimum Gasteiger partial charge on any atom is -0.294 e. The molecule has 0 atom stereocenters. The van der Waals surface area contributed by atoms with Crippen LogP contribution in [0.3, 0.4) is 0 Å². The first-order valence-corrected chi connectivity index (χ1v) is 4.16. The maximum atomic E-state index is 11.2. The molecule has 84 valence electrons. The molecular weight excluding hydrogens is 249 g/mol. The number of nitrogens with zero attached hydrogens (tertiary/aromatic N) is 1. The molecule has 16 heavy (non-hydrogen) atoms. The monoisotopic (exact) mass is 257 g/mol. The molecular formula is C11H9Cl2NO2. The van der Waals surface area contributed by atoms with Crippen LogP contribution < -0.4 is 0 Å². The van der Waals surface area contributed by atoms with Gasteiger partial charge in [0.2, 0.25) is 5.78 Å². The number of benzene rings is 1. The molecule has 0 N–H and O–H groups in total. The van der Waals surface area contributed by atoms with Gasteiger partial charge in [0.05, 0.1) is 5.52 Å². The number of pyridine rings is 1. The number of ketones is 1. The first kappa shape index (κ1) is 14.6. The Morgan fingerprint density at radius 2 is 1.81 bits per heavy atom. The van der Waals surface area contributed by atoms with Gasteiger partial charge in [0.1, 0.15) is 0 Å². The van der Waals surface area contributed by atoms with E-state index in [0.29, 0.717) is 17.2 Å². The summed E-state index contributed by atoms with van der Waals surface area (Å²) in [5, 5.41) is 0.715. The van der Waals surface area contributed by atoms with Crippen LogP contribution in [0.15, 0.2) is 36.5 Å². The summed E-state index contributed by atoms with van der Waals surface area (Å²) < 4.78 is 0. The van der Waals surface area contributed by atoms with E-state index in [2.05, 4.69) is 4.98 Å². The van der Waals surface area contributed by atoms with Crippen LogP contribution in [-0.4, -0.2) is 17.1 Å². The van der Waals surface area contributed by atoms with Crippen LogP contribution in [0.25, 0.3) is 10.9 Å². The summed E-state index contributed by atoms with van der Waals surface area (Å²) in [7, 11) is 0. The van der Waals surface area contributed by atoms with Gasteiger partial charge in [0.25, 0.3) is 0 Å². The van der Waals surface area contributed by atoms with Crippen molar-refractivity contribution in [2.45, 2.75) is 0 Å². The molecule has 0 saturated carbocycles. The molecule has 5 heteroatoms. The lowest BCUT2D eigenvalue weighted by Gasteiger charge is -2.00. The highest BCUT2D eigenvalue weighted by Gasteiger charge is 2.07. The number of Topliss-reactive ketones (excluding diaryl/α,β-unsaturated/α-hetero) is 1. The maximum Gasteiger partial charge on any atom is 0.226 e. The summed E-state index contributed by atoms with van der Waals surface area (Å²) in [6, 6.07) is 8.78. The molecule has 0 amide bonds. The van der Waals surface area contributed by atoms with Crippen molar-refractivity contribution >= 4 is 47.8 Å². The van der Waals surface area contributed by atoms with Gasteiger partial charge in [-0.1, -0.05) is 18.2 Å². The van der Waals surface area contributed by atoms with E-state index in [1.54, 1.807) is 18.2 Å². The molecule has 3 nitrogen and oxygen atoms in total. The van der Waals surface area contributed by atoms with Crippen LogP contribution in [0.1, 0.15) is 10.4 Å². The SMILES string of the molecule is Cl.Cl.O=CC(=O)c1ccnc2ccccc12. The van der Waals surface area contributed by atoms with Gasteiger partial charge < -0.3 is 0 Å². The van der Waals surface area contributed by atoms with Crippen LogP contribution in [0.5, 0.6) is 0 Å². The van der Waals surface area contributed by atoms with Gasteiger partial charge in [-0.25, -0.2) is 0 Å². The summed E-state index contributed by atoms with van der Waals surface area (Å²) >= 11 is 0. The van der Waals surface area contributed by atoms with E-state index < -0.39 is 5.78 Å². The Balaban J connectivity index is 0.00000112. The molecule has 0 saturated heterocycles. The lowest BCUT2D eigenvalue weighted by molar-refractivity contribution is -0.104. The predicted molar refractivity (Wildman–Crippen MR) is 66.6 cm³/mol. The standard InChI is InChI=1S/C11H7NO2.2ClH/c13-7-11(14)9-5-6-12-10-4-2-1-3-8(9)10;;/h1-7H;2*1H. The molecule has 0 radical (unpaired) electrons. The smallest absolute Gasteiger partial charge is 0.226 e. The van der Waals surface area contributed by atoms with E-state index >= 15 is 0 Å². The summed E-state index contributed by atoms with van der Waals surface area (Å²) in [5.41, 5.74) is 1.13. The van der Waals surface area contributed by atoms with Gasteiger partial charge in [0, 0.05) is 17.1 Å². The van der Waals surface area contributed by atoms with E-state index in [1.165, 1.54) is 6.20 Å². The van der Waals surface area contributed by atoms with Crippen molar-refractivity contribution < 1.29 is 9.59 Å². The molecule has 0 bridgehead atoms. The lowest BCUT2D eigenvalue weighted by atomic mass is 10.1. The molecule has 1 heterocycles. The zero-order valence-corrected chi connectivity index (χ0v) is 9.75. The average molecular weight is 258 g/mol. The van der Waals surface area contributed by atoms with Crippen molar-refractivity contribution in [1.82, 2.24) is 4.98 Å². The fourth-order valence-electron chi connectivity index (χ4n) is 1.37. The average Bonchev–Trinajstić information content (AvgIpc) is 2.27. The Morgan fingerprint density at radius 3 is 2.50 bits per heavy atom. The molecule has 2 aromatic rings. The molecule has 1 aromatic carbocycles. The van der Waals surface area contributed by atoms with Crippen LogP contribution in [0.4, 0.5) is 0 Å². The third-order valence-electron chi connectivity index (χ3n) is 2.02. The van der Waals surface area contributed by atoms with Gasteiger partial charge in [-0.2, -0.15) is 0 Å². The zero-order valence-electron chi connectivity index (χ0n) is 8.12. The second-order valence-corrected chi connectivity index (χ2v) is 2.86. The Hall–Kier alpha value is -1.45. The summed E-state index contributed by atoms with van der Waals surface area (Å²) in [4.78, 5) is 25.7. The highest BCUT2D eigenvalue weighted by atomic mass is 35.5. The van der Waals surface area contributed by atoms with E-state index in [9.17, 15) is 9.59 Å². The van der Waals surface area contributed by atoms with Crippen molar-refractivity contribution in [3.05, 3.63) is 42.1 Å². The third-order valence-corrected chi connectivity index (χ3v) is 2.02. The van der Waals surface area contributed by atoms with Gasteiger partial charge in [-0.05, 0) is 12.1 Å². The highest BCUT2D eigenvalue weighted by Crippen LogP contribution is 2.15. The summed E-state index contributed by atoms with van der Waals surface area (Å²) in [6.07, 6.45) is 1.85. The first-order valence-electron chi connectivity index (χ1n) is 4.16. The largest absolute Gasteiger partial charge is 0.294 e. The molecule has 0 aliphatic carbocycles. The zero-order chi connectivity index (χ0) is 9.97. The molecule has 0 aliphatic heterocycles. The number of carbonyl (C=O) groups excluding carboxylic acids is 2. The van der Waals surface area contributed by atoms with Crippen LogP contribution >= 0.6 is 24.8 Å². The van der Waals surface area contributed by atoms with E-state index in [1.807, 2.05) is 12.1 Å². The lowest BCUT2D eigenvalue weighted by Crippen LogP contribution is -2.01. The molecule has 0 spiro atoms. The van der Waals surface area contributed by atoms with Crippen LogP contribution in [0, 0.1) is 0 Å². The second kappa shape index (κ2) is 6.20. The highest BCUT2D eigenvalue weighted by molar-refractivity contribution is 6.36. The predicted octanol–water partition coefficient (Wildman–Crippen LogP) is 2.46. The Labute approximate surface area is 105 Å². The van der Waals surface area contributed by atoms with E-state index in [0.717, 1.165) is 5.52 Å². The van der Waals surface area contributed by atoms with E-state index in [4.69, 9.17) is 0 Å². The maximum absolute atomic E-state index is 11.2. The molecule has 0 unspecified atom stereocenters. The number of rotatable bonds is 2. The third kappa shape index (κ3) is 2.56. The fraction of sp³-hybridized carbons (Fsp3) is 0. The topological polar surface area (TPSA) is 47.0 Å². The summed E-state index contributed by atoms with van der Waals surface area (Å²) in [5.74, 6) is -0.511. The van der Waals surface area contributed by atoms with E-state index in [-0.39, 0.29) is 24.8 Å². The first-order chi connectivity index (χ1) is 6.83. The van der Waals surface area contributed by atoms with Crippen molar-refractivity contribution in [3.8, 4) is 0 Å². The van der Waals surface area contributed by atoms with Gasteiger partial charge in [0.15, 0.2) is 6.29 Å². The normalized spacial score (nSPS) is 8.75. The second-order valence-electron chi connectivity index (χ2n) is 2.86. The number of aromatic nitrogens is 1. The van der Waals surface area contributed by atoms with Gasteiger partial charge in [-0.3, -0.25) is 14.6 Å². The molecule has 2 rings (SSSR count). The minimum absolute atomic E-state index is 0. The number of carbonyl (C=O) groups is 2. The Morgan fingerprint density at radius 1 is 1.12 bits per heavy atom. The van der Waals surface area contributed by atoms with Crippen molar-refractivity contribution in [1.29, 1.82) is 0 Å². The number of hydrogen-bond donors (Lipinski definition) is 0. The minimum atomic E-state index is -0.511. The summed E-state index contributed by atoms with van der Waals surface area (Å²) in [6.45, 7) is 0. The van der Waals surface area contributed by atoms with Gasteiger partial charge in [-0.15, -0.1) is 24.8 Å². The Kier molecular flexibility index (Phi) is 5.64. The number of fused-ring (bicyclic) bond motifs is 1. The van der Waals surface area contributed by atoms with Crippen LogP contribution in [0.2, 0.25) is 0 Å². The quantitative estimate of drug-likeness (QED) is 0.472. The Bertz CT molecular complexity index is 509. The van der Waals surface area contributed by atoms with Crippen molar-refractivity contribution in [2.24, 2.45) is 0 Å². The number of halogens is 2. The molecule has 1 aromatic heterocycles. The van der Waals surface area contributed by atoms with Gasteiger partial charge >= 0.3 is 0 Å². The number of para-hydroxylation sites is 1. The van der Waals surface area contributed by atoms with Crippen molar-refractivity contribution in [3.63, 3.8) is 0 Å². The fourth-order valence-corrected chi connectivity index (χ4v) is 1.37. The number of aldehydes is 1.